The number of hydrogen-bond acceptors (Lipinski definition) is 7. The zero-order valence-electron chi connectivity index (χ0n) is 14.5. The van der Waals surface area contributed by atoms with Gasteiger partial charge < -0.3 is 14.2 Å². The molecule has 0 aromatic carbocycles. The van der Waals surface area contributed by atoms with Crippen molar-refractivity contribution in [2.24, 2.45) is 0 Å². The molecule has 2 saturated heterocycles. The van der Waals surface area contributed by atoms with Gasteiger partial charge in [-0.05, 0) is 19.9 Å². The second-order valence-corrected chi connectivity index (χ2v) is 6.43. The summed E-state index contributed by atoms with van der Waals surface area (Å²) >= 11 is 0. The largest absolute Gasteiger partial charge is 0.378 e. The normalized spacial score (nSPS) is 22.2. The molecule has 0 saturated carbocycles. The Balaban J connectivity index is 1.40. The van der Waals surface area contributed by atoms with E-state index in [2.05, 4.69) is 20.1 Å². The van der Waals surface area contributed by atoms with E-state index in [1.54, 1.807) is 17.7 Å². The molecule has 2 aliphatic heterocycles. The zero-order valence-corrected chi connectivity index (χ0v) is 14.5. The Kier molecular flexibility index (Phi) is 4.26. The van der Waals surface area contributed by atoms with Gasteiger partial charge in [0, 0.05) is 38.4 Å². The first-order chi connectivity index (χ1) is 12.2. The predicted molar refractivity (Wildman–Crippen MR) is 86.9 cm³/mol. The molecule has 2 aromatic heterocycles. The van der Waals surface area contributed by atoms with Crippen LogP contribution in [0.25, 0.3) is 0 Å². The van der Waals surface area contributed by atoms with Gasteiger partial charge in [0.2, 0.25) is 5.89 Å². The van der Waals surface area contributed by atoms with Crippen molar-refractivity contribution in [3.63, 3.8) is 0 Å². The summed E-state index contributed by atoms with van der Waals surface area (Å²) in [6.07, 6.45) is 1.83. The van der Waals surface area contributed by atoms with Crippen molar-refractivity contribution in [1.29, 1.82) is 0 Å². The molecular formula is C16H22N6O3. The Hall–Kier alpha value is -2.26. The van der Waals surface area contributed by atoms with Gasteiger partial charge in [-0.2, -0.15) is 10.1 Å². The first-order valence-electron chi connectivity index (χ1n) is 8.62. The molecule has 0 N–H and O–H groups in total. The summed E-state index contributed by atoms with van der Waals surface area (Å²) in [5, 5.41) is 8.17. The van der Waals surface area contributed by atoms with Crippen LogP contribution in [0.15, 0.2) is 16.8 Å². The van der Waals surface area contributed by atoms with Gasteiger partial charge in [0.25, 0.3) is 5.91 Å². The van der Waals surface area contributed by atoms with Crippen molar-refractivity contribution in [3.8, 4) is 0 Å². The van der Waals surface area contributed by atoms with E-state index in [0.717, 1.165) is 13.1 Å². The Morgan fingerprint density at radius 1 is 1.40 bits per heavy atom. The maximum absolute atomic E-state index is 12.5. The fourth-order valence-corrected chi connectivity index (χ4v) is 3.36. The fraction of sp³-hybridized carbons (Fsp3) is 0.625. The Morgan fingerprint density at radius 3 is 2.92 bits per heavy atom. The minimum absolute atomic E-state index is 0.0121. The van der Waals surface area contributed by atoms with Gasteiger partial charge >= 0.3 is 0 Å². The Morgan fingerprint density at radius 2 is 2.24 bits per heavy atom. The number of carbonyl (C=O) groups excluding carboxylic acids is 1. The SMILES string of the molecule is CCn1ccc(C(=O)N2CC(N3CCOCC3c3nc(C)no3)C2)n1. The topological polar surface area (TPSA) is 89.5 Å². The molecular weight excluding hydrogens is 324 g/mol. The molecule has 9 heteroatoms. The summed E-state index contributed by atoms with van der Waals surface area (Å²) in [4.78, 5) is 21.0. The number of rotatable bonds is 4. The molecule has 0 spiro atoms. The number of likely N-dealkylation sites (tertiary alicyclic amines) is 1. The minimum Gasteiger partial charge on any atom is -0.378 e. The minimum atomic E-state index is -0.0449. The third-order valence-electron chi connectivity index (χ3n) is 4.80. The van der Waals surface area contributed by atoms with Crippen LogP contribution in [0.1, 0.15) is 35.2 Å². The second-order valence-electron chi connectivity index (χ2n) is 6.43. The summed E-state index contributed by atoms with van der Waals surface area (Å²) in [5.74, 6) is 1.20. The second kappa shape index (κ2) is 6.57. The molecule has 1 amide bonds. The molecule has 2 fully saturated rings. The maximum Gasteiger partial charge on any atom is 0.274 e. The quantitative estimate of drug-likeness (QED) is 0.796. The van der Waals surface area contributed by atoms with E-state index in [9.17, 15) is 4.79 Å². The standard InChI is InChI=1S/C16H22N6O3/c1-3-21-5-4-13(18-21)16(23)20-8-12(9-20)22-6-7-24-10-14(22)15-17-11(2)19-25-15/h4-5,12,14H,3,6-10H2,1-2H3. The van der Waals surface area contributed by atoms with Gasteiger partial charge in [0.15, 0.2) is 5.82 Å². The lowest BCUT2D eigenvalue weighted by molar-refractivity contribution is -0.0713. The van der Waals surface area contributed by atoms with E-state index in [4.69, 9.17) is 9.26 Å². The Bertz CT molecular complexity index is 751. The lowest BCUT2D eigenvalue weighted by Gasteiger charge is -2.48. The van der Waals surface area contributed by atoms with E-state index in [1.165, 1.54) is 0 Å². The number of hydrogen-bond donors (Lipinski definition) is 0. The highest BCUT2D eigenvalue weighted by atomic mass is 16.5. The highest BCUT2D eigenvalue weighted by Gasteiger charge is 2.41. The maximum atomic E-state index is 12.5. The molecule has 4 rings (SSSR count). The van der Waals surface area contributed by atoms with Crippen molar-refractivity contribution < 1.29 is 14.1 Å². The van der Waals surface area contributed by atoms with Gasteiger partial charge in [-0.3, -0.25) is 14.4 Å². The van der Waals surface area contributed by atoms with Crippen LogP contribution in [0, 0.1) is 6.92 Å². The summed E-state index contributed by atoms with van der Waals surface area (Å²) in [5.41, 5.74) is 0.506. The van der Waals surface area contributed by atoms with Crippen LogP contribution >= 0.6 is 0 Å². The lowest BCUT2D eigenvalue weighted by atomic mass is 10.0. The van der Waals surface area contributed by atoms with Crippen molar-refractivity contribution >= 4 is 5.91 Å². The number of nitrogens with zero attached hydrogens (tertiary/aromatic N) is 6. The molecule has 9 nitrogen and oxygen atoms in total. The molecule has 1 unspecified atom stereocenters. The third-order valence-corrected chi connectivity index (χ3v) is 4.80. The first kappa shape index (κ1) is 16.2. The van der Waals surface area contributed by atoms with Gasteiger partial charge in [-0.15, -0.1) is 0 Å². The molecule has 2 aromatic rings. The molecule has 0 aliphatic carbocycles. The van der Waals surface area contributed by atoms with Crippen molar-refractivity contribution in [2.45, 2.75) is 32.5 Å². The van der Waals surface area contributed by atoms with Crippen LogP contribution in [0.4, 0.5) is 0 Å². The smallest absolute Gasteiger partial charge is 0.274 e. The fourth-order valence-electron chi connectivity index (χ4n) is 3.36. The van der Waals surface area contributed by atoms with Gasteiger partial charge in [0.05, 0.1) is 13.2 Å². The average molecular weight is 346 g/mol. The highest BCUT2D eigenvalue weighted by Crippen LogP contribution is 2.29. The van der Waals surface area contributed by atoms with Crippen molar-refractivity contribution in [3.05, 3.63) is 29.7 Å². The number of carbonyl (C=O) groups is 1. The van der Waals surface area contributed by atoms with Crippen LogP contribution in [-0.2, 0) is 11.3 Å². The van der Waals surface area contributed by atoms with E-state index in [0.29, 0.717) is 43.7 Å². The summed E-state index contributed by atoms with van der Waals surface area (Å²) < 4.78 is 12.7. The third kappa shape index (κ3) is 3.05. The van der Waals surface area contributed by atoms with Crippen LogP contribution in [-0.4, -0.2) is 74.5 Å². The molecule has 134 valence electrons. The van der Waals surface area contributed by atoms with Crippen LogP contribution in [0.2, 0.25) is 0 Å². The Labute approximate surface area is 145 Å². The van der Waals surface area contributed by atoms with E-state index in [-0.39, 0.29) is 18.0 Å². The monoisotopic (exact) mass is 346 g/mol. The van der Waals surface area contributed by atoms with E-state index >= 15 is 0 Å². The molecule has 0 bridgehead atoms. The first-order valence-corrected chi connectivity index (χ1v) is 8.62. The van der Waals surface area contributed by atoms with Gasteiger partial charge in [-0.25, -0.2) is 0 Å². The number of amides is 1. The lowest BCUT2D eigenvalue weighted by Crippen LogP contribution is -2.63. The molecule has 2 aliphatic rings. The number of ether oxygens (including phenoxy) is 1. The molecule has 4 heterocycles. The summed E-state index contributed by atoms with van der Waals surface area (Å²) in [6, 6.07) is 2.01. The number of aromatic nitrogens is 4. The molecule has 0 radical (unpaired) electrons. The highest BCUT2D eigenvalue weighted by molar-refractivity contribution is 5.92. The van der Waals surface area contributed by atoms with Crippen LogP contribution < -0.4 is 0 Å². The predicted octanol–water partition coefficient (Wildman–Crippen LogP) is 0.492. The zero-order chi connectivity index (χ0) is 17.4. The van der Waals surface area contributed by atoms with Crippen LogP contribution in [0.5, 0.6) is 0 Å². The molecule has 25 heavy (non-hydrogen) atoms. The van der Waals surface area contributed by atoms with Gasteiger partial charge in [-0.1, -0.05) is 5.16 Å². The average Bonchev–Trinajstić information content (AvgIpc) is 3.22. The van der Waals surface area contributed by atoms with E-state index < -0.39 is 0 Å². The van der Waals surface area contributed by atoms with Gasteiger partial charge in [0.1, 0.15) is 11.7 Å². The molecule has 1 atom stereocenters. The van der Waals surface area contributed by atoms with Crippen LogP contribution in [0.3, 0.4) is 0 Å². The number of aryl methyl sites for hydroxylation is 2. The summed E-state index contributed by atoms with van der Waals surface area (Å²) in [6.45, 7) is 7.93. The van der Waals surface area contributed by atoms with Crippen molar-refractivity contribution in [1.82, 2.24) is 29.7 Å². The van der Waals surface area contributed by atoms with E-state index in [1.807, 2.05) is 18.0 Å². The summed E-state index contributed by atoms with van der Waals surface area (Å²) in [7, 11) is 0. The van der Waals surface area contributed by atoms with Crippen molar-refractivity contribution in [2.75, 3.05) is 32.8 Å². The number of morpholine rings is 1.